The van der Waals surface area contributed by atoms with E-state index in [2.05, 4.69) is 0 Å². The summed E-state index contributed by atoms with van der Waals surface area (Å²) in [5.41, 5.74) is 0.297. The molecule has 0 spiro atoms. The molecule has 1 fully saturated rings. The van der Waals surface area contributed by atoms with Crippen molar-refractivity contribution < 1.29 is 24.2 Å². The average Bonchev–Trinajstić information content (AvgIpc) is 2.46. The predicted molar refractivity (Wildman–Crippen MR) is 83.6 cm³/mol. The zero-order valence-electron chi connectivity index (χ0n) is 13.5. The van der Waals surface area contributed by atoms with Gasteiger partial charge >= 0.3 is 12.1 Å². The van der Waals surface area contributed by atoms with Gasteiger partial charge in [-0.3, -0.25) is 4.79 Å². The molecule has 1 aliphatic heterocycles. The van der Waals surface area contributed by atoms with E-state index in [1.165, 1.54) is 17.0 Å². The van der Waals surface area contributed by atoms with Gasteiger partial charge in [0.05, 0.1) is 11.5 Å². The van der Waals surface area contributed by atoms with Gasteiger partial charge in [0.25, 0.3) is 0 Å². The highest BCUT2D eigenvalue weighted by Gasteiger charge is 2.33. The number of benzene rings is 1. The number of ketones is 1. The highest BCUT2D eigenvalue weighted by molar-refractivity contribution is 5.90. The Morgan fingerprint density at radius 1 is 1.22 bits per heavy atom. The fourth-order valence-corrected chi connectivity index (χ4v) is 2.47. The number of ether oxygens (including phenoxy) is 1. The number of rotatable bonds is 2. The van der Waals surface area contributed by atoms with E-state index >= 15 is 0 Å². The van der Waals surface area contributed by atoms with E-state index in [-0.39, 0.29) is 24.3 Å². The molecule has 0 aromatic heterocycles. The number of hydrogen-bond acceptors (Lipinski definition) is 4. The molecular formula is C17H21NO5. The second kappa shape index (κ2) is 6.40. The molecule has 6 nitrogen and oxygen atoms in total. The third-order valence-corrected chi connectivity index (χ3v) is 3.63. The Hall–Kier alpha value is -2.37. The van der Waals surface area contributed by atoms with E-state index < -0.39 is 23.6 Å². The number of nitrogens with zero attached hydrogens (tertiary/aromatic N) is 1. The number of carbonyl (C=O) groups is 3. The van der Waals surface area contributed by atoms with Gasteiger partial charge in [0, 0.05) is 19.5 Å². The number of amides is 1. The zero-order valence-corrected chi connectivity index (χ0v) is 13.5. The standard InChI is InChI=1S/C17H21NO5/c1-17(2,3)23-16(22)18-9-8-14(19)13(10-18)11-4-6-12(7-5-11)15(20)21/h4-7,13H,8-10H2,1-3H3,(H,20,21). The Bertz CT molecular complexity index is 615. The van der Waals surface area contributed by atoms with Crippen LogP contribution in [0.1, 0.15) is 49.0 Å². The molecule has 1 N–H and O–H groups in total. The van der Waals surface area contributed by atoms with Gasteiger partial charge in [-0.1, -0.05) is 12.1 Å². The lowest BCUT2D eigenvalue weighted by molar-refractivity contribution is -0.123. The predicted octanol–water partition coefficient (Wildman–Crippen LogP) is 2.68. The molecule has 0 saturated carbocycles. The molecule has 1 unspecified atom stereocenters. The lowest BCUT2D eigenvalue weighted by Gasteiger charge is -2.33. The van der Waals surface area contributed by atoms with Gasteiger partial charge in [0.1, 0.15) is 11.4 Å². The molecule has 1 heterocycles. The van der Waals surface area contributed by atoms with Crippen LogP contribution in [-0.2, 0) is 9.53 Å². The van der Waals surface area contributed by atoms with Gasteiger partial charge in [0.2, 0.25) is 0 Å². The van der Waals surface area contributed by atoms with Crippen LogP contribution in [-0.4, -0.2) is 46.5 Å². The Kier molecular flexibility index (Phi) is 4.73. The minimum absolute atomic E-state index is 0.0490. The van der Waals surface area contributed by atoms with Crippen molar-refractivity contribution in [2.45, 2.75) is 38.7 Å². The van der Waals surface area contributed by atoms with Crippen molar-refractivity contribution in [3.63, 3.8) is 0 Å². The molecule has 1 aliphatic rings. The van der Waals surface area contributed by atoms with Crippen molar-refractivity contribution in [2.24, 2.45) is 0 Å². The van der Waals surface area contributed by atoms with Gasteiger partial charge in [-0.05, 0) is 38.5 Å². The monoisotopic (exact) mass is 319 g/mol. The first-order chi connectivity index (χ1) is 10.7. The Balaban J connectivity index is 2.13. The number of piperidine rings is 1. The van der Waals surface area contributed by atoms with Crippen LogP contribution >= 0.6 is 0 Å². The van der Waals surface area contributed by atoms with Gasteiger partial charge in [0.15, 0.2) is 0 Å². The molecule has 6 heteroatoms. The van der Waals surface area contributed by atoms with Crippen molar-refractivity contribution in [3.8, 4) is 0 Å². The summed E-state index contributed by atoms with van der Waals surface area (Å²) in [4.78, 5) is 36.7. The topological polar surface area (TPSA) is 83.9 Å². The van der Waals surface area contributed by atoms with Crippen molar-refractivity contribution in [2.75, 3.05) is 13.1 Å². The summed E-state index contributed by atoms with van der Waals surface area (Å²) >= 11 is 0. The highest BCUT2D eigenvalue weighted by atomic mass is 16.6. The Morgan fingerprint density at radius 2 is 1.83 bits per heavy atom. The fraction of sp³-hybridized carbons (Fsp3) is 0.471. The first-order valence-electron chi connectivity index (χ1n) is 7.51. The summed E-state index contributed by atoms with van der Waals surface area (Å²) in [6.45, 7) is 5.98. The number of carboxylic acid groups (broad SMARTS) is 1. The molecule has 0 bridgehead atoms. The first-order valence-corrected chi connectivity index (χ1v) is 7.51. The molecule has 1 amide bonds. The number of hydrogen-bond donors (Lipinski definition) is 1. The molecule has 2 rings (SSSR count). The SMILES string of the molecule is CC(C)(C)OC(=O)N1CCC(=O)C(c2ccc(C(=O)O)cc2)C1. The summed E-state index contributed by atoms with van der Waals surface area (Å²) in [5.74, 6) is -1.41. The number of aromatic carboxylic acids is 1. The third-order valence-electron chi connectivity index (χ3n) is 3.63. The Morgan fingerprint density at radius 3 is 2.35 bits per heavy atom. The highest BCUT2D eigenvalue weighted by Crippen LogP contribution is 2.25. The maximum atomic E-state index is 12.2. The van der Waals surface area contributed by atoms with Crippen LogP contribution in [0.3, 0.4) is 0 Å². The van der Waals surface area contributed by atoms with E-state index in [9.17, 15) is 14.4 Å². The van der Waals surface area contributed by atoms with E-state index in [0.29, 0.717) is 12.1 Å². The quantitative estimate of drug-likeness (QED) is 0.906. The number of carboxylic acids is 1. The summed E-state index contributed by atoms with van der Waals surface area (Å²) in [5, 5.41) is 8.92. The van der Waals surface area contributed by atoms with E-state index in [1.807, 2.05) is 0 Å². The fourth-order valence-electron chi connectivity index (χ4n) is 2.47. The van der Waals surface area contributed by atoms with Gasteiger partial charge in [-0.15, -0.1) is 0 Å². The van der Waals surface area contributed by atoms with Crippen LogP contribution in [0.25, 0.3) is 0 Å². The molecule has 23 heavy (non-hydrogen) atoms. The summed E-state index contributed by atoms with van der Waals surface area (Å²) in [7, 11) is 0. The van der Waals surface area contributed by atoms with Crippen LogP contribution < -0.4 is 0 Å². The average molecular weight is 319 g/mol. The summed E-state index contributed by atoms with van der Waals surface area (Å²) in [6, 6.07) is 6.20. The third kappa shape index (κ3) is 4.31. The van der Waals surface area contributed by atoms with E-state index in [0.717, 1.165) is 0 Å². The maximum Gasteiger partial charge on any atom is 0.410 e. The van der Waals surface area contributed by atoms with Crippen LogP contribution in [0, 0.1) is 0 Å². The van der Waals surface area contributed by atoms with Gasteiger partial charge < -0.3 is 14.7 Å². The van der Waals surface area contributed by atoms with Crippen LogP contribution in [0.4, 0.5) is 4.79 Å². The molecule has 0 radical (unpaired) electrons. The molecule has 1 saturated heterocycles. The Labute approximate surface area is 135 Å². The molecule has 0 aliphatic carbocycles. The summed E-state index contributed by atoms with van der Waals surface area (Å²) in [6.07, 6.45) is -0.165. The normalized spacial score (nSPS) is 18.7. The van der Waals surface area contributed by atoms with Crippen LogP contribution in [0.2, 0.25) is 0 Å². The lowest BCUT2D eigenvalue weighted by Crippen LogP contribution is -2.45. The minimum Gasteiger partial charge on any atom is -0.478 e. The zero-order chi connectivity index (χ0) is 17.2. The van der Waals surface area contributed by atoms with Crippen molar-refractivity contribution in [1.29, 1.82) is 0 Å². The minimum atomic E-state index is -1.01. The van der Waals surface area contributed by atoms with Crippen molar-refractivity contribution in [3.05, 3.63) is 35.4 Å². The molecular weight excluding hydrogens is 298 g/mol. The number of likely N-dealkylation sites (tertiary alicyclic amines) is 1. The largest absolute Gasteiger partial charge is 0.478 e. The molecule has 1 aromatic carbocycles. The van der Waals surface area contributed by atoms with Gasteiger partial charge in [-0.25, -0.2) is 9.59 Å². The smallest absolute Gasteiger partial charge is 0.410 e. The maximum absolute atomic E-state index is 12.2. The molecule has 1 aromatic rings. The molecule has 124 valence electrons. The van der Waals surface area contributed by atoms with Crippen molar-refractivity contribution >= 4 is 17.8 Å². The van der Waals surface area contributed by atoms with Crippen LogP contribution in [0.5, 0.6) is 0 Å². The van der Waals surface area contributed by atoms with E-state index in [4.69, 9.17) is 9.84 Å². The summed E-state index contributed by atoms with van der Waals surface area (Å²) < 4.78 is 5.35. The van der Waals surface area contributed by atoms with Crippen LogP contribution in [0.15, 0.2) is 24.3 Å². The number of carbonyl (C=O) groups excluding carboxylic acids is 2. The van der Waals surface area contributed by atoms with Gasteiger partial charge in [-0.2, -0.15) is 0 Å². The second-order valence-corrected chi connectivity index (χ2v) is 6.62. The lowest BCUT2D eigenvalue weighted by atomic mass is 9.89. The molecule has 1 atom stereocenters. The first kappa shape index (κ1) is 17.0. The van der Waals surface area contributed by atoms with E-state index in [1.54, 1.807) is 32.9 Å². The second-order valence-electron chi connectivity index (χ2n) is 6.62. The van der Waals surface area contributed by atoms with Crippen molar-refractivity contribution in [1.82, 2.24) is 4.90 Å². The number of Topliss-reactive ketones (excluding diaryl/α,β-unsaturated/α-hetero) is 1.